The number of hydrogen-bond donors (Lipinski definition) is 1. The number of carbonyl (C=O) groups is 2. The number of fused-ring (bicyclic) bond motifs is 1. The molecule has 6 heteroatoms. The summed E-state index contributed by atoms with van der Waals surface area (Å²) >= 11 is 0. The molecule has 0 spiro atoms. The first kappa shape index (κ1) is 13.8. The smallest absolute Gasteiger partial charge is 0.305 e. The molecule has 0 bridgehead atoms. The Hall–Kier alpha value is -2.63. The number of aromatic nitrogens is 1. The van der Waals surface area contributed by atoms with Crippen LogP contribution in [0.25, 0.3) is 17.2 Å². The van der Waals surface area contributed by atoms with Gasteiger partial charge in [-0.15, -0.1) is 0 Å². The van der Waals surface area contributed by atoms with Crippen LogP contribution < -0.4 is 0 Å². The number of likely N-dealkylation sites (N-methyl/N-ethyl adjacent to an activating group) is 1. The molecule has 1 amide bonds. The van der Waals surface area contributed by atoms with Crippen molar-refractivity contribution in [2.45, 2.75) is 6.42 Å². The van der Waals surface area contributed by atoms with E-state index in [1.54, 1.807) is 13.1 Å². The van der Waals surface area contributed by atoms with Gasteiger partial charge in [-0.25, -0.2) is 4.98 Å². The SMILES string of the molecule is CN(CCC(=O)O)C(=O)C=Cc1nc2ccccc2o1. The van der Waals surface area contributed by atoms with Gasteiger partial charge in [-0.2, -0.15) is 0 Å². The van der Waals surface area contributed by atoms with Crippen LogP contribution in [0.4, 0.5) is 0 Å². The molecule has 104 valence electrons. The number of amides is 1. The number of carboxylic acid groups (broad SMARTS) is 1. The number of aliphatic carboxylic acids is 1. The number of benzene rings is 1. The van der Waals surface area contributed by atoms with Crippen LogP contribution in [0.5, 0.6) is 0 Å². The fourth-order valence-electron chi connectivity index (χ4n) is 1.60. The highest BCUT2D eigenvalue weighted by Crippen LogP contribution is 2.15. The van der Waals surface area contributed by atoms with Crippen molar-refractivity contribution in [3.63, 3.8) is 0 Å². The van der Waals surface area contributed by atoms with Gasteiger partial charge in [0.15, 0.2) is 5.58 Å². The molecular formula is C14H14N2O4. The summed E-state index contributed by atoms with van der Waals surface area (Å²) in [6.07, 6.45) is 2.70. The standard InChI is InChI=1S/C14H14N2O4/c1-16(9-8-14(18)19)13(17)7-6-12-15-10-4-2-3-5-11(10)20-12/h2-7H,8-9H2,1H3,(H,18,19). The average molecular weight is 274 g/mol. The largest absolute Gasteiger partial charge is 0.481 e. The molecule has 0 unspecified atom stereocenters. The Balaban J connectivity index is 2.01. The van der Waals surface area contributed by atoms with E-state index < -0.39 is 5.97 Å². The minimum Gasteiger partial charge on any atom is -0.481 e. The quantitative estimate of drug-likeness (QED) is 0.840. The van der Waals surface area contributed by atoms with Crippen LogP contribution in [0.3, 0.4) is 0 Å². The molecule has 20 heavy (non-hydrogen) atoms. The van der Waals surface area contributed by atoms with E-state index >= 15 is 0 Å². The van der Waals surface area contributed by atoms with Crippen molar-refractivity contribution in [2.75, 3.05) is 13.6 Å². The Morgan fingerprint density at radius 3 is 2.85 bits per heavy atom. The van der Waals surface area contributed by atoms with Gasteiger partial charge < -0.3 is 14.4 Å². The molecule has 0 saturated heterocycles. The zero-order chi connectivity index (χ0) is 14.5. The summed E-state index contributed by atoms with van der Waals surface area (Å²) in [6.45, 7) is 0.159. The number of rotatable bonds is 5. The highest BCUT2D eigenvalue weighted by atomic mass is 16.4. The van der Waals surface area contributed by atoms with Crippen LogP contribution >= 0.6 is 0 Å². The zero-order valence-corrected chi connectivity index (χ0v) is 10.9. The molecule has 1 heterocycles. The Morgan fingerprint density at radius 2 is 2.15 bits per heavy atom. The summed E-state index contributed by atoms with van der Waals surface area (Å²) < 4.78 is 5.43. The third-order valence-electron chi connectivity index (χ3n) is 2.72. The zero-order valence-electron chi connectivity index (χ0n) is 10.9. The molecule has 0 aliphatic rings. The number of hydrogen-bond acceptors (Lipinski definition) is 4. The fraction of sp³-hybridized carbons (Fsp3) is 0.214. The molecule has 1 aromatic carbocycles. The van der Waals surface area contributed by atoms with Crippen LogP contribution in [0.2, 0.25) is 0 Å². The summed E-state index contributed by atoms with van der Waals surface area (Å²) in [7, 11) is 1.54. The van der Waals surface area contributed by atoms with E-state index in [0.29, 0.717) is 11.5 Å². The molecule has 0 atom stereocenters. The van der Waals surface area contributed by atoms with Crippen molar-refractivity contribution >= 4 is 29.1 Å². The molecule has 2 aromatic rings. The topological polar surface area (TPSA) is 83.6 Å². The van der Waals surface area contributed by atoms with Gasteiger partial charge >= 0.3 is 5.97 Å². The average Bonchev–Trinajstić information content (AvgIpc) is 2.84. The Bertz CT molecular complexity index is 627. The molecule has 0 saturated carbocycles. The van der Waals surface area contributed by atoms with E-state index in [2.05, 4.69) is 4.98 Å². The lowest BCUT2D eigenvalue weighted by atomic mass is 10.3. The first-order chi connectivity index (χ1) is 9.56. The maximum absolute atomic E-state index is 11.7. The summed E-state index contributed by atoms with van der Waals surface area (Å²) in [5.41, 5.74) is 1.37. The van der Waals surface area contributed by atoms with Crippen molar-refractivity contribution < 1.29 is 19.1 Å². The first-order valence-corrected chi connectivity index (χ1v) is 6.07. The van der Waals surface area contributed by atoms with Gasteiger partial charge in [-0.1, -0.05) is 12.1 Å². The fourth-order valence-corrected chi connectivity index (χ4v) is 1.60. The second kappa shape index (κ2) is 6.01. The lowest BCUT2D eigenvalue weighted by Gasteiger charge is -2.12. The number of nitrogens with zero attached hydrogens (tertiary/aromatic N) is 2. The number of carboxylic acids is 1. The normalized spacial score (nSPS) is 11.1. The van der Waals surface area contributed by atoms with E-state index in [9.17, 15) is 9.59 Å². The van der Waals surface area contributed by atoms with Gasteiger partial charge in [0.2, 0.25) is 11.8 Å². The van der Waals surface area contributed by atoms with E-state index in [1.165, 1.54) is 17.1 Å². The number of oxazole rings is 1. The van der Waals surface area contributed by atoms with E-state index in [4.69, 9.17) is 9.52 Å². The van der Waals surface area contributed by atoms with Crippen molar-refractivity contribution in [3.05, 3.63) is 36.2 Å². The summed E-state index contributed by atoms with van der Waals surface area (Å²) in [6, 6.07) is 7.30. The van der Waals surface area contributed by atoms with Crippen LogP contribution in [-0.4, -0.2) is 40.5 Å². The Kier molecular flexibility index (Phi) is 4.14. The third kappa shape index (κ3) is 3.44. The van der Waals surface area contributed by atoms with Crippen molar-refractivity contribution in [2.24, 2.45) is 0 Å². The highest BCUT2D eigenvalue weighted by molar-refractivity contribution is 5.91. The molecule has 0 aliphatic carbocycles. The molecule has 1 aromatic heterocycles. The van der Waals surface area contributed by atoms with Gasteiger partial charge in [0, 0.05) is 25.7 Å². The molecule has 0 fully saturated rings. The van der Waals surface area contributed by atoms with Crippen LogP contribution in [0.15, 0.2) is 34.8 Å². The lowest BCUT2D eigenvalue weighted by molar-refractivity contribution is -0.137. The van der Waals surface area contributed by atoms with Crippen molar-refractivity contribution in [1.82, 2.24) is 9.88 Å². The minimum atomic E-state index is -0.937. The second-order valence-electron chi connectivity index (χ2n) is 4.26. The minimum absolute atomic E-state index is 0.0844. The van der Waals surface area contributed by atoms with Gasteiger partial charge in [-0.05, 0) is 12.1 Å². The van der Waals surface area contributed by atoms with E-state index in [0.717, 1.165) is 5.52 Å². The van der Waals surface area contributed by atoms with Crippen LogP contribution in [0.1, 0.15) is 12.3 Å². The van der Waals surface area contributed by atoms with E-state index in [1.807, 2.05) is 18.2 Å². The van der Waals surface area contributed by atoms with Gasteiger partial charge in [0.1, 0.15) is 5.52 Å². The third-order valence-corrected chi connectivity index (χ3v) is 2.72. The molecule has 1 N–H and O–H groups in total. The molecular weight excluding hydrogens is 260 g/mol. The Morgan fingerprint density at radius 1 is 1.40 bits per heavy atom. The highest BCUT2D eigenvalue weighted by Gasteiger charge is 2.08. The predicted molar refractivity (Wildman–Crippen MR) is 72.9 cm³/mol. The summed E-state index contributed by atoms with van der Waals surface area (Å²) in [5, 5.41) is 8.55. The van der Waals surface area contributed by atoms with Crippen LogP contribution in [0, 0.1) is 0 Å². The maximum Gasteiger partial charge on any atom is 0.305 e. The maximum atomic E-state index is 11.7. The van der Waals surface area contributed by atoms with Gasteiger partial charge in [-0.3, -0.25) is 9.59 Å². The predicted octanol–water partition coefficient (Wildman–Crippen LogP) is 1.77. The van der Waals surface area contributed by atoms with Crippen molar-refractivity contribution in [3.8, 4) is 0 Å². The molecule has 0 aliphatic heterocycles. The second-order valence-corrected chi connectivity index (χ2v) is 4.26. The first-order valence-electron chi connectivity index (χ1n) is 6.07. The van der Waals surface area contributed by atoms with E-state index in [-0.39, 0.29) is 18.9 Å². The summed E-state index contributed by atoms with van der Waals surface area (Å²) in [4.78, 5) is 27.7. The lowest BCUT2D eigenvalue weighted by Crippen LogP contribution is -2.27. The van der Waals surface area contributed by atoms with Gasteiger partial charge in [0.25, 0.3) is 0 Å². The number of para-hydroxylation sites is 2. The Labute approximate surface area is 115 Å². The molecule has 2 rings (SSSR count). The monoisotopic (exact) mass is 274 g/mol. The molecule has 6 nitrogen and oxygen atoms in total. The number of carbonyl (C=O) groups excluding carboxylic acids is 1. The van der Waals surface area contributed by atoms with Crippen molar-refractivity contribution in [1.29, 1.82) is 0 Å². The summed E-state index contributed by atoms with van der Waals surface area (Å²) in [5.74, 6) is -0.896. The van der Waals surface area contributed by atoms with Crippen LogP contribution in [-0.2, 0) is 9.59 Å². The molecule has 0 radical (unpaired) electrons. The van der Waals surface area contributed by atoms with Gasteiger partial charge in [0.05, 0.1) is 6.42 Å².